The molecule has 0 fully saturated rings. The predicted molar refractivity (Wildman–Crippen MR) is 103 cm³/mol. The summed E-state index contributed by atoms with van der Waals surface area (Å²) in [5.41, 5.74) is 2.48. The highest BCUT2D eigenvalue weighted by atomic mass is 35.5. The van der Waals surface area contributed by atoms with Crippen LogP contribution >= 0.6 is 23.4 Å². The predicted octanol–water partition coefficient (Wildman–Crippen LogP) is 4.76. The standard InChI is InChI=1S/C20H19ClO4S/c1-4-25-18(22)11-19(23)26-17-9-13(3)16(21)10-15(17)20(24)14-8-6-5-7-12(14)2/h5-10H,4,11H2,1-3H3. The molecule has 2 aromatic rings. The normalized spacial score (nSPS) is 10.5. The maximum Gasteiger partial charge on any atom is 0.314 e. The Balaban J connectivity index is 2.36. The molecule has 0 amide bonds. The average molecular weight is 391 g/mol. The van der Waals surface area contributed by atoms with E-state index in [1.54, 1.807) is 38.1 Å². The third-order valence-electron chi connectivity index (χ3n) is 3.71. The SMILES string of the molecule is CCOC(=O)CC(=O)Sc1cc(C)c(Cl)cc1C(=O)c1ccccc1C. The maximum atomic E-state index is 13.0. The first-order valence-corrected chi connectivity index (χ1v) is 9.29. The molecule has 0 saturated heterocycles. The minimum atomic E-state index is -0.581. The Labute approximate surface area is 161 Å². The van der Waals surface area contributed by atoms with E-state index in [1.807, 2.05) is 19.1 Å². The van der Waals surface area contributed by atoms with Gasteiger partial charge < -0.3 is 4.74 Å². The summed E-state index contributed by atoms with van der Waals surface area (Å²) in [7, 11) is 0. The van der Waals surface area contributed by atoms with E-state index >= 15 is 0 Å². The first-order valence-electron chi connectivity index (χ1n) is 8.10. The molecule has 6 heteroatoms. The first-order chi connectivity index (χ1) is 12.3. The van der Waals surface area contributed by atoms with Crippen LogP contribution in [-0.2, 0) is 14.3 Å². The first kappa shape index (κ1) is 20.2. The zero-order valence-electron chi connectivity index (χ0n) is 14.8. The Bertz CT molecular complexity index is 861. The van der Waals surface area contributed by atoms with E-state index in [9.17, 15) is 14.4 Å². The fraction of sp³-hybridized carbons (Fsp3) is 0.250. The number of halogens is 1. The van der Waals surface area contributed by atoms with Crippen LogP contribution in [0.2, 0.25) is 5.02 Å². The van der Waals surface area contributed by atoms with Crippen molar-refractivity contribution in [3.05, 3.63) is 63.7 Å². The van der Waals surface area contributed by atoms with Crippen molar-refractivity contribution in [3.8, 4) is 0 Å². The lowest BCUT2D eigenvalue weighted by Gasteiger charge is -2.12. The number of ether oxygens (including phenoxy) is 1. The topological polar surface area (TPSA) is 60.4 Å². The van der Waals surface area contributed by atoms with E-state index in [4.69, 9.17) is 16.3 Å². The molecule has 0 bridgehead atoms. The van der Waals surface area contributed by atoms with E-state index in [0.29, 0.717) is 21.0 Å². The van der Waals surface area contributed by atoms with Crippen molar-refractivity contribution in [2.75, 3.05) is 6.61 Å². The molecule has 2 aromatic carbocycles. The van der Waals surface area contributed by atoms with Crippen molar-refractivity contribution in [1.82, 2.24) is 0 Å². The van der Waals surface area contributed by atoms with Gasteiger partial charge >= 0.3 is 5.97 Å². The van der Waals surface area contributed by atoms with Crippen molar-refractivity contribution < 1.29 is 19.1 Å². The van der Waals surface area contributed by atoms with Gasteiger partial charge in [-0.3, -0.25) is 14.4 Å². The van der Waals surface area contributed by atoms with E-state index in [-0.39, 0.29) is 23.9 Å². The van der Waals surface area contributed by atoms with Crippen molar-refractivity contribution in [2.24, 2.45) is 0 Å². The van der Waals surface area contributed by atoms with Gasteiger partial charge in [-0.1, -0.05) is 47.6 Å². The van der Waals surface area contributed by atoms with Crippen LogP contribution in [0.4, 0.5) is 0 Å². The number of carbonyl (C=O) groups is 3. The largest absolute Gasteiger partial charge is 0.466 e. The van der Waals surface area contributed by atoms with Crippen LogP contribution in [0.25, 0.3) is 0 Å². The number of rotatable bonds is 6. The van der Waals surface area contributed by atoms with Gasteiger partial charge in [-0.05, 0) is 44.0 Å². The Kier molecular flexibility index (Phi) is 7.00. The molecule has 0 unspecified atom stereocenters. The van der Waals surface area contributed by atoms with Crippen molar-refractivity contribution in [3.63, 3.8) is 0 Å². The summed E-state index contributed by atoms with van der Waals surface area (Å²) in [5.74, 6) is -0.793. The molecule has 136 valence electrons. The summed E-state index contributed by atoms with van der Waals surface area (Å²) >= 11 is 7.06. The fourth-order valence-electron chi connectivity index (χ4n) is 2.38. The minimum absolute atomic E-state index is 0.212. The molecule has 0 atom stereocenters. The van der Waals surface area contributed by atoms with Gasteiger partial charge in [0.15, 0.2) is 5.78 Å². The number of hydrogen-bond acceptors (Lipinski definition) is 5. The molecule has 0 N–H and O–H groups in total. The quantitative estimate of drug-likeness (QED) is 0.308. The van der Waals surface area contributed by atoms with E-state index in [1.165, 1.54) is 0 Å². The molecule has 2 rings (SSSR count). The second-order valence-electron chi connectivity index (χ2n) is 5.70. The molecule has 0 heterocycles. The van der Waals surface area contributed by atoms with Gasteiger partial charge in [0.1, 0.15) is 6.42 Å². The third kappa shape index (κ3) is 4.96. The third-order valence-corrected chi connectivity index (χ3v) is 5.05. The van der Waals surface area contributed by atoms with Gasteiger partial charge in [0.05, 0.1) is 6.61 Å². The fourth-order valence-corrected chi connectivity index (χ4v) is 3.47. The molecule has 0 saturated carbocycles. The van der Waals surface area contributed by atoms with Crippen LogP contribution in [0, 0.1) is 13.8 Å². The van der Waals surface area contributed by atoms with Gasteiger partial charge in [-0.2, -0.15) is 0 Å². The Hall–Kier alpha value is -2.11. The van der Waals surface area contributed by atoms with Gasteiger partial charge in [0.25, 0.3) is 0 Å². The van der Waals surface area contributed by atoms with Gasteiger partial charge in [0, 0.05) is 21.0 Å². The van der Waals surface area contributed by atoms with Crippen LogP contribution < -0.4 is 0 Å². The maximum absolute atomic E-state index is 13.0. The second-order valence-corrected chi connectivity index (χ2v) is 7.20. The molecule has 0 aliphatic rings. The van der Waals surface area contributed by atoms with Gasteiger partial charge in [-0.15, -0.1) is 0 Å². The van der Waals surface area contributed by atoms with Crippen molar-refractivity contribution in [1.29, 1.82) is 0 Å². The number of esters is 1. The van der Waals surface area contributed by atoms with Crippen LogP contribution in [0.5, 0.6) is 0 Å². The number of aryl methyl sites for hydroxylation is 2. The zero-order chi connectivity index (χ0) is 19.3. The van der Waals surface area contributed by atoms with Crippen molar-refractivity contribution >= 4 is 40.2 Å². The smallest absolute Gasteiger partial charge is 0.314 e. The molecule has 0 radical (unpaired) electrons. The summed E-state index contributed by atoms with van der Waals surface area (Å²) in [4.78, 5) is 37.2. The number of carbonyl (C=O) groups excluding carboxylic acids is 3. The second kappa shape index (κ2) is 9.01. The van der Waals surface area contributed by atoms with E-state index in [2.05, 4.69) is 0 Å². The number of hydrogen-bond donors (Lipinski definition) is 0. The van der Waals surface area contributed by atoms with Gasteiger partial charge in [0.2, 0.25) is 5.12 Å². The monoisotopic (exact) mass is 390 g/mol. The molecule has 0 aliphatic heterocycles. The number of ketones is 1. The molecule has 26 heavy (non-hydrogen) atoms. The Morgan fingerprint density at radius 3 is 2.38 bits per heavy atom. The lowest BCUT2D eigenvalue weighted by molar-refractivity contribution is -0.144. The lowest BCUT2D eigenvalue weighted by atomic mass is 9.98. The molecular weight excluding hydrogens is 372 g/mol. The number of benzene rings is 2. The summed E-state index contributed by atoms with van der Waals surface area (Å²) in [5, 5.41) is 0.0631. The molecule has 4 nitrogen and oxygen atoms in total. The van der Waals surface area contributed by atoms with Crippen LogP contribution in [0.15, 0.2) is 41.3 Å². The van der Waals surface area contributed by atoms with Crippen LogP contribution in [0.3, 0.4) is 0 Å². The molecular formula is C20H19ClO4S. The Morgan fingerprint density at radius 2 is 1.73 bits per heavy atom. The van der Waals surface area contributed by atoms with Crippen LogP contribution in [0.1, 0.15) is 40.4 Å². The molecule has 0 spiro atoms. The Morgan fingerprint density at radius 1 is 1.04 bits per heavy atom. The summed E-state index contributed by atoms with van der Waals surface area (Å²) in [6.45, 7) is 5.54. The van der Waals surface area contributed by atoms with Crippen LogP contribution in [-0.4, -0.2) is 23.5 Å². The average Bonchev–Trinajstić information content (AvgIpc) is 2.58. The lowest BCUT2D eigenvalue weighted by Crippen LogP contribution is -2.10. The molecule has 0 aromatic heterocycles. The highest BCUT2D eigenvalue weighted by Gasteiger charge is 2.21. The minimum Gasteiger partial charge on any atom is -0.466 e. The summed E-state index contributed by atoms with van der Waals surface area (Å²) < 4.78 is 4.79. The summed E-state index contributed by atoms with van der Waals surface area (Å²) in [6, 6.07) is 10.5. The van der Waals surface area contributed by atoms with E-state index < -0.39 is 5.97 Å². The van der Waals surface area contributed by atoms with Crippen molar-refractivity contribution in [2.45, 2.75) is 32.1 Å². The summed E-state index contributed by atoms with van der Waals surface area (Å²) in [6.07, 6.45) is -0.349. The van der Waals surface area contributed by atoms with Gasteiger partial charge in [-0.25, -0.2) is 0 Å². The highest BCUT2D eigenvalue weighted by Crippen LogP contribution is 2.32. The highest BCUT2D eigenvalue weighted by molar-refractivity contribution is 8.13. The number of thioether (sulfide) groups is 1. The molecule has 0 aliphatic carbocycles. The van der Waals surface area contributed by atoms with E-state index in [0.717, 1.165) is 22.9 Å². The zero-order valence-corrected chi connectivity index (χ0v) is 16.4.